The maximum atomic E-state index is 13.1. The Kier molecular flexibility index (Phi) is 5.83. The van der Waals surface area contributed by atoms with Gasteiger partial charge in [0, 0.05) is 38.5 Å². The molecule has 1 N–H and O–H groups in total. The second-order valence-corrected chi connectivity index (χ2v) is 8.44. The first-order valence-electron chi connectivity index (χ1n) is 10.6. The molecule has 0 bridgehead atoms. The van der Waals surface area contributed by atoms with Crippen molar-refractivity contribution in [1.29, 1.82) is 0 Å². The maximum absolute atomic E-state index is 13.1. The van der Waals surface area contributed by atoms with Gasteiger partial charge in [0.15, 0.2) is 0 Å². The molecular weight excluding hydrogens is 392 g/mol. The Morgan fingerprint density at radius 1 is 1.10 bits per heavy atom. The van der Waals surface area contributed by atoms with Crippen LogP contribution in [0.1, 0.15) is 35.6 Å². The van der Waals surface area contributed by atoms with E-state index in [0.717, 1.165) is 29.7 Å². The summed E-state index contributed by atoms with van der Waals surface area (Å²) in [5, 5.41) is 11.1. The van der Waals surface area contributed by atoms with Crippen LogP contribution in [-0.2, 0) is 14.3 Å². The summed E-state index contributed by atoms with van der Waals surface area (Å²) < 4.78 is 5.74. The van der Waals surface area contributed by atoms with E-state index in [1.807, 2.05) is 62.3 Å². The first kappa shape index (κ1) is 21.1. The van der Waals surface area contributed by atoms with Crippen LogP contribution in [-0.4, -0.2) is 55.0 Å². The van der Waals surface area contributed by atoms with Crippen LogP contribution >= 0.6 is 0 Å². The summed E-state index contributed by atoms with van der Waals surface area (Å²) in [5.41, 5.74) is 3.50. The molecule has 2 aromatic carbocycles. The second kappa shape index (κ2) is 8.55. The molecule has 0 aliphatic carbocycles. The number of carbonyl (C=O) groups excluding carboxylic acids is 2. The zero-order valence-electron chi connectivity index (χ0n) is 18.2. The molecule has 162 valence electrons. The number of nitrogens with zero attached hydrogens (tertiary/aromatic N) is 2. The summed E-state index contributed by atoms with van der Waals surface area (Å²) in [6, 6.07) is 14.4. The predicted octanol–water partition coefficient (Wildman–Crippen LogP) is 3.66. The van der Waals surface area contributed by atoms with Crippen LogP contribution < -0.4 is 4.90 Å². The number of anilines is 1. The van der Waals surface area contributed by atoms with E-state index in [0.29, 0.717) is 18.7 Å². The molecular formula is C25H28N2O4. The van der Waals surface area contributed by atoms with Crippen molar-refractivity contribution in [3.8, 4) is 0 Å². The highest BCUT2D eigenvalue weighted by molar-refractivity contribution is 6.46. The SMILES string of the molecule is Cc1ccc(/C(O)=C2\C(=O)C(=O)N(CC3CCCO3)C2c2ccc(N(C)C)cc2)cc1. The van der Waals surface area contributed by atoms with Crippen LogP contribution in [0.15, 0.2) is 54.1 Å². The summed E-state index contributed by atoms with van der Waals surface area (Å²) in [5.74, 6) is -1.39. The largest absolute Gasteiger partial charge is 0.507 e. The van der Waals surface area contributed by atoms with Gasteiger partial charge in [-0.1, -0.05) is 42.0 Å². The lowest BCUT2D eigenvalue weighted by molar-refractivity contribution is -0.140. The number of hydrogen-bond acceptors (Lipinski definition) is 5. The zero-order chi connectivity index (χ0) is 22.1. The Bertz CT molecular complexity index is 1000. The third-order valence-corrected chi connectivity index (χ3v) is 6.01. The molecule has 2 unspecified atom stereocenters. The fraction of sp³-hybridized carbons (Fsp3) is 0.360. The number of aliphatic hydroxyl groups excluding tert-OH is 1. The summed E-state index contributed by atoms with van der Waals surface area (Å²) in [4.78, 5) is 29.6. The Morgan fingerprint density at radius 2 is 1.77 bits per heavy atom. The number of rotatable bonds is 5. The van der Waals surface area contributed by atoms with E-state index in [4.69, 9.17) is 4.74 Å². The van der Waals surface area contributed by atoms with Crippen molar-refractivity contribution in [2.24, 2.45) is 0 Å². The molecule has 0 saturated carbocycles. The van der Waals surface area contributed by atoms with Crippen molar-refractivity contribution in [2.45, 2.75) is 31.9 Å². The van der Waals surface area contributed by atoms with Crippen molar-refractivity contribution in [3.05, 3.63) is 70.8 Å². The summed E-state index contributed by atoms with van der Waals surface area (Å²) in [6.07, 6.45) is 1.70. The van der Waals surface area contributed by atoms with E-state index in [9.17, 15) is 14.7 Å². The monoisotopic (exact) mass is 420 g/mol. The molecule has 2 atom stereocenters. The Hall–Kier alpha value is -3.12. The van der Waals surface area contributed by atoms with Gasteiger partial charge in [0.25, 0.3) is 11.7 Å². The molecule has 0 spiro atoms. The van der Waals surface area contributed by atoms with E-state index in [-0.39, 0.29) is 17.4 Å². The molecule has 31 heavy (non-hydrogen) atoms. The molecule has 2 aromatic rings. The predicted molar refractivity (Wildman–Crippen MR) is 120 cm³/mol. The van der Waals surface area contributed by atoms with Crippen molar-refractivity contribution in [1.82, 2.24) is 4.90 Å². The molecule has 2 heterocycles. The van der Waals surface area contributed by atoms with Gasteiger partial charge >= 0.3 is 0 Å². The number of aryl methyl sites for hydroxylation is 1. The zero-order valence-corrected chi connectivity index (χ0v) is 18.2. The fourth-order valence-corrected chi connectivity index (χ4v) is 4.24. The summed E-state index contributed by atoms with van der Waals surface area (Å²) in [6.45, 7) is 2.95. The third-order valence-electron chi connectivity index (χ3n) is 6.01. The van der Waals surface area contributed by atoms with Crippen LogP contribution in [0.25, 0.3) is 5.76 Å². The fourth-order valence-electron chi connectivity index (χ4n) is 4.24. The number of Topliss-reactive ketones (excluding diaryl/α,β-unsaturated/α-hetero) is 1. The highest BCUT2D eigenvalue weighted by Gasteiger charge is 2.47. The van der Waals surface area contributed by atoms with Crippen LogP contribution in [0.4, 0.5) is 5.69 Å². The lowest BCUT2D eigenvalue weighted by Gasteiger charge is -2.28. The van der Waals surface area contributed by atoms with Crippen LogP contribution in [0.2, 0.25) is 0 Å². The number of benzene rings is 2. The molecule has 2 aliphatic heterocycles. The van der Waals surface area contributed by atoms with Crippen LogP contribution in [0.3, 0.4) is 0 Å². The summed E-state index contributed by atoms with van der Waals surface area (Å²) in [7, 11) is 3.91. The van der Waals surface area contributed by atoms with Gasteiger partial charge in [-0.25, -0.2) is 0 Å². The minimum atomic E-state index is -0.655. The Balaban J connectivity index is 1.80. The molecule has 6 nitrogen and oxygen atoms in total. The van der Waals surface area contributed by atoms with Gasteiger partial charge in [-0.3, -0.25) is 9.59 Å². The van der Waals surface area contributed by atoms with Gasteiger partial charge in [0.2, 0.25) is 0 Å². The molecule has 6 heteroatoms. The van der Waals surface area contributed by atoms with Crippen molar-refractivity contribution in [3.63, 3.8) is 0 Å². The Morgan fingerprint density at radius 3 is 2.35 bits per heavy atom. The molecule has 2 saturated heterocycles. The number of ketones is 1. The molecule has 2 aliphatic rings. The number of carbonyl (C=O) groups is 2. The second-order valence-electron chi connectivity index (χ2n) is 8.44. The lowest BCUT2D eigenvalue weighted by atomic mass is 9.94. The number of likely N-dealkylation sites (tertiary alicyclic amines) is 1. The number of ether oxygens (including phenoxy) is 1. The van der Waals surface area contributed by atoms with Gasteiger partial charge in [-0.2, -0.15) is 0 Å². The van der Waals surface area contributed by atoms with Gasteiger partial charge < -0.3 is 19.6 Å². The standard InChI is InChI=1S/C25H28N2O4/c1-16-6-8-18(9-7-16)23(28)21-22(17-10-12-19(13-11-17)26(2)3)27(25(30)24(21)29)15-20-5-4-14-31-20/h6-13,20,22,28H,4-5,14-15H2,1-3H3/b23-21+. The lowest BCUT2D eigenvalue weighted by Crippen LogP contribution is -2.36. The molecule has 0 aromatic heterocycles. The third kappa shape index (κ3) is 4.08. The number of aliphatic hydroxyl groups is 1. The molecule has 0 radical (unpaired) electrons. The topological polar surface area (TPSA) is 70.1 Å². The van der Waals surface area contributed by atoms with Crippen molar-refractivity contribution in [2.75, 3.05) is 32.1 Å². The minimum absolute atomic E-state index is 0.0961. The quantitative estimate of drug-likeness (QED) is 0.454. The highest BCUT2D eigenvalue weighted by Crippen LogP contribution is 2.40. The molecule has 1 amide bonds. The average molecular weight is 421 g/mol. The van der Waals surface area contributed by atoms with Gasteiger partial charge in [-0.15, -0.1) is 0 Å². The highest BCUT2D eigenvalue weighted by atomic mass is 16.5. The average Bonchev–Trinajstić information content (AvgIpc) is 3.36. The van der Waals surface area contributed by atoms with Crippen molar-refractivity contribution < 1.29 is 19.4 Å². The van der Waals surface area contributed by atoms with Gasteiger partial charge in [0.1, 0.15) is 5.76 Å². The van der Waals surface area contributed by atoms with Gasteiger partial charge in [0.05, 0.1) is 17.7 Å². The van der Waals surface area contributed by atoms with Crippen LogP contribution in [0, 0.1) is 6.92 Å². The van der Waals surface area contributed by atoms with E-state index in [2.05, 4.69) is 0 Å². The van der Waals surface area contributed by atoms with E-state index < -0.39 is 17.7 Å². The molecule has 2 fully saturated rings. The van der Waals surface area contributed by atoms with E-state index in [1.165, 1.54) is 0 Å². The first-order valence-corrected chi connectivity index (χ1v) is 10.6. The number of hydrogen-bond donors (Lipinski definition) is 1. The molecule has 4 rings (SSSR count). The van der Waals surface area contributed by atoms with Crippen LogP contribution in [0.5, 0.6) is 0 Å². The number of amides is 1. The van der Waals surface area contributed by atoms with Crippen molar-refractivity contribution >= 4 is 23.1 Å². The van der Waals surface area contributed by atoms with E-state index in [1.54, 1.807) is 17.0 Å². The minimum Gasteiger partial charge on any atom is -0.507 e. The summed E-state index contributed by atoms with van der Waals surface area (Å²) >= 11 is 0. The normalized spacial score (nSPS) is 22.9. The first-order chi connectivity index (χ1) is 14.9. The van der Waals surface area contributed by atoms with Gasteiger partial charge in [-0.05, 0) is 37.5 Å². The van der Waals surface area contributed by atoms with E-state index >= 15 is 0 Å². The Labute approximate surface area is 182 Å². The maximum Gasteiger partial charge on any atom is 0.295 e. The smallest absolute Gasteiger partial charge is 0.295 e.